The van der Waals surface area contributed by atoms with Crippen LogP contribution >= 0.6 is 22.9 Å². The second-order valence-electron chi connectivity index (χ2n) is 9.29. The molecule has 10 heteroatoms. The first-order chi connectivity index (χ1) is 16.8. The van der Waals surface area contributed by atoms with Gasteiger partial charge in [-0.25, -0.2) is 0 Å². The van der Waals surface area contributed by atoms with Crippen molar-refractivity contribution in [2.45, 2.75) is 33.2 Å². The summed E-state index contributed by atoms with van der Waals surface area (Å²) in [5.41, 5.74) is 4.08. The topological polar surface area (TPSA) is 78.7 Å². The van der Waals surface area contributed by atoms with Crippen LogP contribution in [-0.2, 0) is 4.79 Å². The molecular weight excluding hydrogens is 482 g/mol. The molecule has 4 heterocycles. The van der Waals surface area contributed by atoms with E-state index < -0.39 is 6.04 Å². The summed E-state index contributed by atoms with van der Waals surface area (Å²) in [6.07, 6.45) is 0.204. The Morgan fingerprint density at radius 3 is 2.54 bits per heavy atom. The summed E-state index contributed by atoms with van der Waals surface area (Å²) in [7, 11) is 2.12. The van der Waals surface area contributed by atoms with Crippen LogP contribution in [0.25, 0.3) is 5.00 Å². The van der Waals surface area contributed by atoms with Gasteiger partial charge in [-0.3, -0.25) is 19.3 Å². The number of fused-ring (bicyclic) bond motifs is 3. The summed E-state index contributed by atoms with van der Waals surface area (Å²) in [5.74, 6) is 1.44. The van der Waals surface area contributed by atoms with Crippen molar-refractivity contribution in [2.75, 3.05) is 39.9 Å². The third kappa shape index (κ3) is 4.78. The summed E-state index contributed by atoms with van der Waals surface area (Å²) in [5, 5.41) is 13.7. The molecule has 0 spiro atoms. The molecule has 1 N–H and O–H groups in total. The van der Waals surface area contributed by atoms with Crippen LogP contribution in [0, 0.1) is 20.8 Å². The molecule has 8 nitrogen and oxygen atoms in total. The summed E-state index contributed by atoms with van der Waals surface area (Å²) >= 11 is 7.89. The number of rotatable bonds is 5. The number of amides is 1. The minimum atomic E-state index is -0.450. The van der Waals surface area contributed by atoms with Crippen molar-refractivity contribution in [2.24, 2.45) is 4.99 Å². The molecule has 0 saturated carbocycles. The summed E-state index contributed by atoms with van der Waals surface area (Å²) < 4.78 is 2.07. The number of carbonyl (C=O) groups is 1. The monoisotopic (exact) mass is 511 g/mol. The van der Waals surface area contributed by atoms with Gasteiger partial charge < -0.3 is 10.2 Å². The number of aryl methyl sites for hydroxylation is 2. The molecule has 184 valence electrons. The van der Waals surface area contributed by atoms with E-state index in [-0.39, 0.29) is 12.3 Å². The molecule has 0 radical (unpaired) electrons. The van der Waals surface area contributed by atoms with E-state index in [1.54, 1.807) is 11.3 Å². The predicted octanol–water partition coefficient (Wildman–Crippen LogP) is 3.51. The third-order valence-corrected chi connectivity index (χ3v) is 8.28. The van der Waals surface area contributed by atoms with Gasteiger partial charge in [0.25, 0.3) is 0 Å². The number of aromatic nitrogens is 3. The van der Waals surface area contributed by atoms with Gasteiger partial charge in [0.15, 0.2) is 5.82 Å². The highest BCUT2D eigenvalue weighted by molar-refractivity contribution is 7.15. The highest BCUT2D eigenvalue weighted by Gasteiger charge is 2.32. The number of nitrogens with one attached hydrogen (secondary N) is 1. The Bertz CT molecular complexity index is 1270. The van der Waals surface area contributed by atoms with Crippen LogP contribution in [-0.4, -0.2) is 76.1 Å². The molecule has 3 aromatic rings. The highest BCUT2D eigenvalue weighted by atomic mass is 35.5. The predicted molar refractivity (Wildman–Crippen MR) is 140 cm³/mol. The van der Waals surface area contributed by atoms with Gasteiger partial charge in [0.2, 0.25) is 5.91 Å². The molecule has 2 aliphatic rings. The van der Waals surface area contributed by atoms with Crippen molar-refractivity contribution < 1.29 is 4.79 Å². The van der Waals surface area contributed by atoms with E-state index in [9.17, 15) is 4.79 Å². The zero-order chi connectivity index (χ0) is 24.7. The first-order valence-electron chi connectivity index (χ1n) is 11.9. The molecular formula is C25H30ClN7OS. The molecule has 1 saturated heterocycles. The van der Waals surface area contributed by atoms with Crippen molar-refractivity contribution >= 4 is 34.6 Å². The van der Waals surface area contributed by atoms with Gasteiger partial charge >= 0.3 is 0 Å². The van der Waals surface area contributed by atoms with E-state index in [1.165, 1.54) is 10.4 Å². The molecule has 1 fully saturated rings. The van der Waals surface area contributed by atoms with Crippen molar-refractivity contribution in [3.63, 3.8) is 0 Å². The van der Waals surface area contributed by atoms with Crippen LogP contribution in [0.15, 0.2) is 29.3 Å². The van der Waals surface area contributed by atoms with Gasteiger partial charge in [-0.2, -0.15) is 0 Å². The summed E-state index contributed by atoms with van der Waals surface area (Å²) in [6, 6.07) is 7.28. The van der Waals surface area contributed by atoms with E-state index in [0.29, 0.717) is 17.5 Å². The molecule has 2 aliphatic heterocycles. The van der Waals surface area contributed by atoms with Crippen molar-refractivity contribution in [3.05, 3.63) is 62.5 Å². The molecule has 1 aromatic carbocycles. The normalized spacial score (nSPS) is 18.5. The number of halogens is 1. The number of nitrogens with zero attached hydrogens (tertiary/aromatic N) is 6. The fourth-order valence-electron chi connectivity index (χ4n) is 4.59. The van der Waals surface area contributed by atoms with Gasteiger partial charge in [0, 0.05) is 47.2 Å². The number of hydrogen-bond acceptors (Lipinski definition) is 7. The molecule has 0 unspecified atom stereocenters. The largest absolute Gasteiger partial charge is 0.343 e. The minimum Gasteiger partial charge on any atom is -0.343 e. The van der Waals surface area contributed by atoms with Crippen LogP contribution in [0.3, 0.4) is 0 Å². The number of hydrogen-bond donors (Lipinski definition) is 1. The number of benzene rings is 1. The van der Waals surface area contributed by atoms with E-state index >= 15 is 0 Å². The maximum atomic E-state index is 13.1. The lowest BCUT2D eigenvalue weighted by Crippen LogP contribution is -2.48. The quantitative estimate of drug-likeness (QED) is 0.567. The van der Waals surface area contributed by atoms with E-state index in [0.717, 1.165) is 53.8 Å². The van der Waals surface area contributed by atoms with Gasteiger partial charge in [-0.05, 0) is 45.5 Å². The maximum Gasteiger partial charge on any atom is 0.223 e. The Labute approximate surface area is 214 Å². The molecule has 35 heavy (non-hydrogen) atoms. The highest BCUT2D eigenvalue weighted by Crippen LogP contribution is 2.39. The van der Waals surface area contributed by atoms with Crippen LogP contribution in [0.5, 0.6) is 0 Å². The second-order valence-corrected chi connectivity index (χ2v) is 10.9. The smallest absolute Gasteiger partial charge is 0.223 e. The molecule has 2 aromatic heterocycles. The van der Waals surface area contributed by atoms with E-state index in [4.69, 9.17) is 16.6 Å². The molecule has 1 atom stereocenters. The third-order valence-electron chi connectivity index (χ3n) is 6.83. The lowest BCUT2D eigenvalue weighted by Gasteiger charge is -2.32. The first kappa shape index (κ1) is 24.1. The van der Waals surface area contributed by atoms with E-state index in [2.05, 4.69) is 50.8 Å². The second kappa shape index (κ2) is 9.81. The van der Waals surface area contributed by atoms with Crippen LogP contribution in [0.2, 0.25) is 5.02 Å². The lowest BCUT2D eigenvalue weighted by atomic mass is 9.99. The van der Waals surface area contributed by atoms with Crippen molar-refractivity contribution in [3.8, 4) is 5.00 Å². The Kier molecular flexibility index (Phi) is 6.76. The lowest BCUT2D eigenvalue weighted by molar-refractivity contribution is -0.122. The van der Waals surface area contributed by atoms with Gasteiger partial charge in [-0.1, -0.05) is 23.7 Å². The van der Waals surface area contributed by atoms with Gasteiger partial charge in [0.1, 0.15) is 16.9 Å². The van der Waals surface area contributed by atoms with Crippen LogP contribution in [0.4, 0.5) is 0 Å². The molecule has 0 aliphatic carbocycles. The molecule has 5 rings (SSSR count). The standard InChI is InChI=1S/C25H30ClN7OS/c1-15-16(2)35-25-22(15)23(18-5-7-19(26)8-6-18)28-20(24-30-29-17(3)33(24)25)13-21(34)27-14-32-11-9-31(4)10-12-32/h5-8,20H,9-14H2,1-4H3,(H,27,34)/t20-/m0/s1. The zero-order valence-corrected chi connectivity index (χ0v) is 22.1. The average molecular weight is 512 g/mol. The van der Waals surface area contributed by atoms with Crippen molar-refractivity contribution in [1.29, 1.82) is 0 Å². The Balaban J connectivity index is 1.49. The SMILES string of the molecule is Cc1sc2c(c1C)C(c1ccc(Cl)cc1)=N[C@@H](CC(=O)NCN1CCN(C)CC1)c1nnc(C)n1-2. The number of thiophene rings is 1. The Hall–Kier alpha value is -2.59. The van der Waals surface area contributed by atoms with Crippen LogP contribution < -0.4 is 5.32 Å². The first-order valence-corrected chi connectivity index (χ1v) is 13.0. The number of carbonyl (C=O) groups excluding carboxylic acids is 1. The fourth-order valence-corrected chi connectivity index (χ4v) is 5.93. The minimum absolute atomic E-state index is 0.0431. The molecule has 0 bridgehead atoms. The number of piperazine rings is 1. The van der Waals surface area contributed by atoms with Gasteiger partial charge in [0.05, 0.1) is 18.8 Å². The van der Waals surface area contributed by atoms with Crippen LogP contribution in [0.1, 0.15) is 45.7 Å². The number of likely N-dealkylation sites (N-methyl/N-ethyl adjacent to an activating group) is 1. The summed E-state index contributed by atoms with van der Waals surface area (Å²) in [6.45, 7) is 10.7. The average Bonchev–Trinajstić information content (AvgIpc) is 3.31. The number of aliphatic imine (C=N–C) groups is 1. The van der Waals surface area contributed by atoms with Gasteiger partial charge in [-0.15, -0.1) is 21.5 Å². The molecule has 1 amide bonds. The Morgan fingerprint density at radius 2 is 1.83 bits per heavy atom. The van der Waals surface area contributed by atoms with Crippen molar-refractivity contribution in [1.82, 2.24) is 29.9 Å². The van der Waals surface area contributed by atoms with E-state index in [1.807, 2.05) is 31.2 Å². The fraction of sp³-hybridized carbons (Fsp3) is 0.440. The zero-order valence-electron chi connectivity index (χ0n) is 20.5. The maximum absolute atomic E-state index is 13.1. The summed E-state index contributed by atoms with van der Waals surface area (Å²) in [4.78, 5) is 24.0. The Morgan fingerprint density at radius 1 is 1.11 bits per heavy atom.